The Kier molecular flexibility index (Phi) is 5.74. The standard InChI is InChI=1S/C17H20FNO3S/c1-13-11-16(8-9-17(13)18)23(20,21)19-10-4-6-14-5-3-7-15(12-14)22-2/h3,5,7-9,11-12,19H,4,6,10H2,1-2H3. The van der Waals surface area contributed by atoms with Gasteiger partial charge in [-0.3, -0.25) is 0 Å². The lowest BCUT2D eigenvalue weighted by Gasteiger charge is -2.08. The normalized spacial score (nSPS) is 11.4. The molecule has 0 saturated heterocycles. The van der Waals surface area contributed by atoms with Gasteiger partial charge in [-0.25, -0.2) is 17.5 Å². The van der Waals surface area contributed by atoms with E-state index in [-0.39, 0.29) is 4.90 Å². The first kappa shape index (κ1) is 17.4. The lowest BCUT2D eigenvalue weighted by molar-refractivity contribution is 0.414. The van der Waals surface area contributed by atoms with Crippen molar-refractivity contribution in [1.29, 1.82) is 0 Å². The van der Waals surface area contributed by atoms with E-state index >= 15 is 0 Å². The summed E-state index contributed by atoms with van der Waals surface area (Å²) in [4.78, 5) is 0.0813. The summed E-state index contributed by atoms with van der Waals surface area (Å²) in [6, 6.07) is 11.4. The summed E-state index contributed by atoms with van der Waals surface area (Å²) < 4.78 is 45.2. The minimum Gasteiger partial charge on any atom is -0.497 e. The highest BCUT2D eigenvalue weighted by Gasteiger charge is 2.14. The zero-order valence-corrected chi connectivity index (χ0v) is 14.0. The Bertz CT molecular complexity index is 775. The highest BCUT2D eigenvalue weighted by Crippen LogP contribution is 2.15. The Labute approximate surface area is 136 Å². The molecule has 0 fully saturated rings. The highest BCUT2D eigenvalue weighted by molar-refractivity contribution is 7.89. The average Bonchev–Trinajstić information content (AvgIpc) is 2.54. The summed E-state index contributed by atoms with van der Waals surface area (Å²) in [5, 5.41) is 0. The van der Waals surface area contributed by atoms with Gasteiger partial charge in [-0.05, 0) is 61.2 Å². The van der Waals surface area contributed by atoms with Crippen LogP contribution in [0.5, 0.6) is 5.75 Å². The van der Waals surface area contributed by atoms with Crippen LogP contribution >= 0.6 is 0 Å². The molecule has 0 aromatic heterocycles. The van der Waals surface area contributed by atoms with Crippen LogP contribution in [0, 0.1) is 12.7 Å². The fourth-order valence-corrected chi connectivity index (χ4v) is 3.35. The Hall–Kier alpha value is -1.92. The van der Waals surface area contributed by atoms with E-state index in [0.29, 0.717) is 18.5 Å². The predicted octanol–water partition coefficient (Wildman–Crippen LogP) is 3.05. The maximum Gasteiger partial charge on any atom is 0.240 e. The second-order valence-corrected chi connectivity index (χ2v) is 7.03. The molecule has 0 saturated carbocycles. The van der Waals surface area contributed by atoms with Gasteiger partial charge in [0.15, 0.2) is 0 Å². The average molecular weight is 337 g/mol. The number of halogens is 1. The van der Waals surface area contributed by atoms with Crippen LogP contribution in [0.25, 0.3) is 0 Å². The van der Waals surface area contributed by atoms with Gasteiger partial charge in [0.25, 0.3) is 0 Å². The van der Waals surface area contributed by atoms with Gasteiger partial charge >= 0.3 is 0 Å². The molecule has 0 heterocycles. The van der Waals surface area contributed by atoms with E-state index in [1.54, 1.807) is 7.11 Å². The smallest absolute Gasteiger partial charge is 0.240 e. The van der Waals surface area contributed by atoms with E-state index in [0.717, 1.165) is 17.7 Å². The zero-order valence-electron chi connectivity index (χ0n) is 13.2. The summed E-state index contributed by atoms with van der Waals surface area (Å²) in [6.45, 7) is 1.85. The molecule has 23 heavy (non-hydrogen) atoms. The van der Waals surface area contributed by atoms with Gasteiger partial charge in [-0.15, -0.1) is 0 Å². The van der Waals surface area contributed by atoms with Crippen LogP contribution in [0.4, 0.5) is 4.39 Å². The van der Waals surface area contributed by atoms with Crippen LogP contribution in [-0.2, 0) is 16.4 Å². The summed E-state index contributed by atoms with van der Waals surface area (Å²) in [7, 11) is -2.00. The molecule has 2 rings (SSSR count). The SMILES string of the molecule is COc1cccc(CCCNS(=O)(=O)c2ccc(F)c(C)c2)c1. The van der Waals surface area contributed by atoms with Crippen LogP contribution < -0.4 is 9.46 Å². The molecule has 124 valence electrons. The van der Waals surface area contributed by atoms with Gasteiger partial charge < -0.3 is 4.74 Å². The molecule has 0 unspecified atom stereocenters. The molecular weight excluding hydrogens is 317 g/mol. The highest BCUT2D eigenvalue weighted by atomic mass is 32.2. The fraction of sp³-hybridized carbons (Fsp3) is 0.294. The van der Waals surface area contributed by atoms with Gasteiger partial charge in [0.2, 0.25) is 10.0 Å². The van der Waals surface area contributed by atoms with E-state index in [9.17, 15) is 12.8 Å². The van der Waals surface area contributed by atoms with Gasteiger partial charge in [-0.2, -0.15) is 0 Å². The third-order valence-electron chi connectivity index (χ3n) is 3.51. The van der Waals surface area contributed by atoms with Gasteiger partial charge in [0, 0.05) is 6.54 Å². The van der Waals surface area contributed by atoms with E-state index in [4.69, 9.17) is 4.74 Å². The molecule has 0 bridgehead atoms. The monoisotopic (exact) mass is 337 g/mol. The van der Waals surface area contributed by atoms with Crippen LogP contribution in [0.2, 0.25) is 0 Å². The Balaban J connectivity index is 1.90. The topological polar surface area (TPSA) is 55.4 Å². The Morgan fingerprint density at radius 3 is 2.65 bits per heavy atom. The molecule has 0 aliphatic carbocycles. The molecule has 0 amide bonds. The van der Waals surface area contributed by atoms with Crippen molar-refractivity contribution in [2.45, 2.75) is 24.7 Å². The van der Waals surface area contributed by atoms with E-state index in [1.165, 1.54) is 25.1 Å². The number of aryl methyl sites for hydroxylation is 2. The quantitative estimate of drug-likeness (QED) is 0.790. The van der Waals surface area contributed by atoms with Crippen molar-refractivity contribution in [2.24, 2.45) is 0 Å². The Morgan fingerprint density at radius 2 is 1.96 bits per heavy atom. The molecule has 4 nitrogen and oxygen atoms in total. The molecule has 0 aliphatic rings. The maximum absolute atomic E-state index is 13.2. The van der Waals surface area contributed by atoms with E-state index < -0.39 is 15.8 Å². The minimum atomic E-state index is -3.61. The lowest BCUT2D eigenvalue weighted by atomic mass is 10.1. The van der Waals surface area contributed by atoms with Crippen molar-refractivity contribution in [3.8, 4) is 5.75 Å². The number of sulfonamides is 1. The Morgan fingerprint density at radius 1 is 1.17 bits per heavy atom. The second kappa shape index (κ2) is 7.57. The predicted molar refractivity (Wildman–Crippen MR) is 87.6 cm³/mol. The summed E-state index contributed by atoms with van der Waals surface area (Å²) in [5.74, 6) is 0.367. The number of hydrogen-bond donors (Lipinski definition) is 1. The first-order valence-electron chi connectivity index (χ1n) is 7.31. The molecule has 2 aromatic rings. The van der Waals surface area contributed by atoms with Crippen molar-refractivity contribution < 1.29 is 17.5 Å². The number of ether oxygens (including phenoxy) is 1. The first-order valence-corrected chi connectivity index (χ1v) is 8.79. The van der Waals surface area contributed by atoms with Crippen molar-refractivity contribution >= 4 is 10.0 Å². The van der Waals surface area contributed by atoms with Gasteiger partial charge in [-0.1, -0.05) is 12.1 Å². The first-order chi connectivity index (χ1) is 10.9. The third kappa shape index (κ3) is 4.77. The second-order valence-electron chi connectivity index (χ2n) is 5.26. The number of rotatable bonds is 7. The van der Waals surface area contributed by atoms with Gasteiger partial charge in [0.1, 0.15) is 11.6 Å². The number of nitrogens with one attached hydrogen (secondary N) is 1. The van der Waals surface area contributed by atoms with E-state index in [1.807, 2.05) is 24.3 Å². The molecule has 0 radical (unpaired) electrons. The summed E-state index contributed by atoms with van der Waals surface area (Å²) in [5.41, 5.74) is 1.39. The molecule has 0 spiro atoms. The molecule has 6 heteroatoms. The number of benzene rings is 2. The maximum atomic E-state index is 13.2. The molecule has 1 N–H and O–H groups in total. The molecule has 0 atom stereocenters. The summed E-state index contributed by atoms with van der Waals surface area (Å²) in [6.07, 6.45) is 1.40. The molecular formula is C17H20FNO3S. The van der Waals surface area contributed by atoms with Crippen LogP contribution in [0.15, 0.2) is 47.4 Å². The lowest BCUT2D eigenvalue weighted by Crippen LogP contribution is -2.25. The van der Waals surface area contributed by atoms with Crippen LogP contribution in [0.3, 0.4) is 0 Å². The zero-order chi connectivity index (χ0) is 16.9. The van der Waals surface area contributed by atoms with Crippen molar-refractivity contribution in [1.82, 2.24) is 4.72 Å². The van der Waals surface area contributed by atoms with Crippen molar-refractivity contribution in [3.63, 3.8) is 0 Å². The fourth-order valence-electron chi connectivity index (χ4n) is 2.19. The van der Waals surface area contributed by atoms with Crippen molar-refractivity contribution in [2.75, 3.05) is 13.7 Å². The largest absolute Gasteiger partial charge is 0.497 e. The molecule has 0 aliphatic heterocycles. The number of methoxy groups -OCH3 is 1. The third-order valence-corrected chi connectivity index (χ3v) is 4.97. The van der Waals surface area contributed by atoms with E-state index in [2.05, 4.69) is 4.72 Å². The van der Waals surface area contributed by atoms with Crippen LogP contribution in [-0.4, -0.2) is 22.1 Å². The molecule has 2 aromatic carbocycles. The summed E-state index contributed by atoms with van der Waals surface area (Å²) >= 11 is 0. The number of hydrogen-bond acceptors (Lipinski definition) is 3. The van der Waals surface area contributed by atoms with Crippen LogP contribution in [0.1, 0.15) is 17.5 Å². The minimum absolute atomic E-state index is 0.0813. The van der Waals surface area contributed by atoms with Crippen molar-refractivity contribution in [3.05, 3.63) is 59.4 Å². The van der Waals surface area contributed by atoms with Gasteiger partial charge in [0.05, 0.1) is 12.0 Å².